The summed E-state index contributed by atoms with van der Waals surface area (Å²) in [6.07, 6.45) is -0.705. The van der Waals surface area contributed by atoms with E-state index >= 15 is 0 Å². The molecule has 1 atom stereocenters. The second kappa shape index (κ2) is 3.31. The van der Waals surface area contributed by atoms with Crippen LogP contribution in [0.4, 0.5) is 13.2 Å². The van der Waals surface area contributed by atoms with Gasteiger partial charge in [0, 0.05) is 11.6 Å². The minimum atomic E-state index is -4.31. The number of nitrogens with one attached hydrogen (secondary N) is 1. The number of alkyl halides is 3. The van der Waals surface area contributed by atoms with Gasteiger partial charge in [-0.25, -0.2) is 0 Å². The summed E-state index contributed by atoms with van der Waals surface area (Å²) in [5.41, 5.74) is -0.424. The first-order chi connectivity index (χ1) is 6.59. The third-order valence-corrected chi connectivity index (χ3v) is 2.43. The van der Waals surface area contributed by atoms with Crippen LogP contribution in [0.2, 0.25) is 0 Å². The lowest BCUT2D eigenvalue weighted by atomic mass is 10.0. The molecule has 1 aliphatic heterocycles. The monoisotopic (exact) mass is 205 g/mol. The van der Waals surface area contributed by atoms with Crippen molar-refractivity contribution in [2.45, 2.75) is 25.1 Å². The maximum absolute atomic E-state index is 12.4. The van der Waals surface area contributed by atoms with Gasteiger partial charge in [-0.1, -0.05) is 0 Å². The Kier molecular flexibility index (Phi) is 2.26. The topological polar surface area (TPSA) is 25.2 Å². The van der Waals surface area contributed by atoms with Gasteiger partial charge in [0.2, 0.25) is 0 Å². The molecule has 2 rings (SSSR count). The van der Waals surface area contributed by atoms with E-state index in [4.69, 9.17) is 0 Å². The Balaban J connectivity index is 2.29. The van der Waals surface area contributed by atoms with Crippen LogP contribution in [0, 0.1) is 0 Å². The summed E-state index contributed by atoms with van der Waals surface area (Å²) in [6, 6.07) is -0.203. The van der Waals surface area contributed by atoms with Crippen molar-refractivity contribution in [2.75, 3.05) is 6.54 Å². The summed E-state index contributed by atoms with van der Waals surface area (Å²) >= 11 is 0. The first-order valence-corrected chi connectivity index (χ1v) is 4.45. The Morgan fingerprint density at radius 2 is 2.14 bits per heavy atom. The van der Waals surface area contributed by atoms with Crippen LogP contribution < -0.4 is 5.32 Å². The van der Waals surface area contributed by atoms with Crippen molar-refractivity contribution in [3.05, 3.63) is 23.7 Å². The molecule has 0 unspecified atom stereocenters. The third kappa shape index (κ3) is 1.64. The molecule has 2 nitrogen and oxygen atoms in total. The van der Waals surface area contributed by atoms with Crippen molar-refractivity contribution in [3.63, 3.8) is 0 Å². The molecule has 0 amide bonds. The van der Waals surface area contributed by atoms with E-state index in [0.29, 0.717) is 0 Å². The maximum atomic E-state index is 12.4. The summed E-state index contributed by atoms with van der Waals surface area (Å²) in [5, 5.41) is 3.01. The molecule has 1 aromatic heterocycles. The highest BCUT2D eigenvalue weighted by Crippen LogP contribution is 2.37. The Labute approximate surface area is 79.1 Å². The number of hydrogen-bond acceptors (Lipinski definition) is 2. The maximum Gasteiger partial charge on any atom is 0.419 e. The summed E-state index contributed by atoms with van der Waals surface area (Å²) in [5.74, 6) is 0. The van der Waals surface area contributed by atoms with Gasteiger partial charge in [-0.15, -0.1) is 0 Å². The lowest BCUT2D eigenvalue weighted by Crippen LogP contribution is -2.16. The second-order valence-corrected chi connectivity index (χ2v) is 3.39. The van der Waals surface area contributed by atoms with E-state index in [0.717, 1.165) is 25.6 Å². The van der Waals surface area contributed by atoms with E-state index < -0.39 is 11.7 Å². The highest BCUT2D eigenvalue weighted by Gasteiger charge is 2.37. The predicted octanol–water partition coefficient (Wildman–Crippen LogP) is 2.72. The average Bonchev–Trinajstić information content (AvgIpc) is 2.73. The number of furan rings is 1. The van der Waals surface area contributed by atoms with Crippen molar-refractivity contribution in [1.29, 1.82) is 0 Å². The lowest BCUT2D eigenvalue weighted by molar-refractivity contribution is -0.138. The van der Waals surface area contributed by atoms with Gasteiger partial charge in [-0.05, 0) is 19.4 Å². The van der Waals surface area contributed by atoms with E-state index in [-0.39, 0.29) is 11.6 Å². The molecule has 5 heteroatoms. The van der Waals surface area contributed by atoms with Crippen LogP contribution in [-0.4, -0.2) is 6.54 Å². The molecule has 1 N–H and O–H groups in total. The van der Waals surface area contributed by atoms with Crippen molar-refractivity contribution < 1.29 is 17.6 Å². The molecule has 1 fully saturated rings. The molecular formula is C9H10F3NO. The largest absolute Gasteiger partial charge is 0.472 e. The highest BCUT2D eigenvalue weighted by atomic mass is 19.4. The fourth-order valence-corrected chi connectivity index (χ4v) is 1.76. The molecule has 0 radical (unpaired) electrons. The molecule has 0 aromatic carbocycles. The Morgan fingerprint density at radius 3 is 2.71 bits per heavy atom. The number of halogens is 3. The van der Waals surface area contributed by atoms with E-state index in [2.05, 4.69) is 9.73 Å². The van der Waals surface area contributed by atoms with E-state index in [1.165, 1.54) is 6.26 Å². The van der Waals surface area contributed by atoms with Gasteiger partial charge in [0.15, 0.2) is 0 Å². The Bertz CT molecular complexity index is 312. The molecule has 2 heterocycles. The lowest BCUT2D eigenvalue weighted by Gasteiger charge is -2.12. The van der Waals surface area contributed by atoms with Crippen molar-refractivity contribution >= 4 is 0 Å². The number of hydrogen-bond donors (Lipinski definition) is 1. The first kappa shape index (κ1) is 9.58. The minimum Gasteiger partial charge on any atom is -0.472 e. The molecule has 0 bridgehead atoms. The average molecular weight is 205 g/mol. The summed E-state index contributed by atoms with van der Waals surface area (Å²) < 4.78 is 42.0. The standard InChI is InChI=1S/C9H10F3NO/c10-9(11,12)7-5-14-4-6(7)8-2-1-3-13-8/h4-5,8,13H,1-3H2/t8-/m0/s1. The molecule has 0 aliphatic carbocycles. The summed E-state index contributed by atoms with van der Waals surface area (Å²) in [4.78, 5) is 0. The fourth-order valence-electron chi connectivity index (χ4n) is 1.76. The van der Waals surface area contributed by atoms with Crippen LogP contribution in [0.1, 0.15) is 30.0 Å². The van der Waals surface area contributed by atoms with Crippen LogP contribution >= 0.6 is 0 Å². The third-order valence-electron chi connectivity index (χ3n) is 2.43. The van der Waals surface area contributed by atoms with Crippen LogP contribution in [0.25, 0.3) is 0 Å². The van der Waals surface area contributed by atoms with Gasteiger partial charge in [-0.2, -0.15) is 13.2 Å². The van der Waals surface area contributed by atoms with Crippen LogP contribution in [0.15, 0.2) is 16.9 Å². The zero-order valence-electron chi connectivity index (χ0n) is 7.40. The van der Waals surface area contributed by atoms with Crippen LogP contribution in [-0.2, 0) is 6.18 Å². The molecule has 0 saturated carbocycles. The molecule has 1 saturated heterocycles. The van der Waals surface area contributed by atoms with Crippen LogP contribution in [0.3, 0.4) is 0 Å². The molecule has 0 spiro atoms. The molecule has 78 valence electrons. The van der Waals surface area contributed by atoms with E-state index in [1.54, 1.807) is 0 Å². The van der Waals surface area contributed by atoms with Gasteiger partial charge in [-0.3, -0.25) is 0 Å². The SMILES string of the molecule is FC(F)(F)c1cocc1[C@@H]1CCCN1. The Morgan fingerprint density at radius 1 is 1.36 bits per heavy atom. The molecule has 1 aromatic rings. The van der Waals surface area contributed by atoms with Crippen molar-refractivity contribution in [2.24, 2.45) is 0 Å². The molecule has 1 aliphatic rings. The highest BCUT2D eigenvalue weighted by molar-refractivity contribution is 5.28. The summed E-state index contributed by atoms with van der Waals surface area (Å²) in [6.45, 7) is 0.771. The summed E-state index contributed by atoms with van der Waals surface area (Å²) in [7, 11) is 0. The van der Waals surface area contributed by atoms with E-state index in [1.807, 2.05) is 0 Å². The Hall–Kier alpha value is -0.970. The quantitative estimate of drug-likeness (QED) is 0.762. The first-order valence-electron chi connectivity index (χ1n) is 4.45. The normalized spacial score (nSPS) is 22.9. The van der Waals surface area contributed by atoms with Gasteiger partial charge in [0.1, 0.15) is 6.26 Å². The van der Waals surface area contributed by atoms with Gasteiger partial charge in [0.05, 0.1) is 11.8 Å². The fraction of sp³-hybridized carbons (Fsp3) is 0.556. The minimum absolute atomic E-state index is 0.203. The van der Waals surface area contributed by atoms with Crippen LogP contribution in [0.5, 0.6) is 0 Å². The zero-order valence-corrected chi connectivity index (χ0v) is 7.40. The predicted molar refractivity (Wildman–Crippen MR) is 43.7 cm³/mol. The second-order valence-electron chi connectivity index (χ2n) is 3.39. The van der Waals surface area contributed by atoms with Gasteiger partial charge >= 0.3 is 6.18 Å². The number of rotatable bonds is 1. The van der Waals surface area contributed by atoms with E-state index in [9.17, 15) is 13.2 Å². The van der Waals surface area contributed by atoms with Gasteiger partial charge < -0.3 is 9.73 Å². The van der Waals surface area contributed by atoms with Gasteiger partial charge in [0.25, 0.3) is 0 Å². The smallest absolute Gasteiger partial charge is 0.419 e. The van der Waals surface area contributed by atoms with Crippen molar-refractivity contribution in [1.82, 2.24) is 5.32 Å². The molecular weight excluding hydrogens is 195 g/mol. The zero-order chi connectivity index (χ0) is 10.2. The molecule has 14 heavy (non-hydrogen) atoms. The van der Waals surface area contributed by atoms with Crippen molar-refractivity contribution in [3.8, 4) is 0 Å².